The van der Waals surface area contributed by atoms with Crippen LogP contribution in [-0.4, -0.2) is 57.4 Å². The largest absolute Gasteiger partial charge is 2.00 e. The molecule has 2 fully saturated rings. The first kappa shape index (κ1) is 31.9. The SMILES string of the molecule is C[Si](C)(C)[N-][Si](C)(C)C.Cc1cc(C)c(C(=NC2CCCCC2)[N-]C2CCCCC2)c(C)c1.[Mg+2]. The summed E-state index contributed by atoms with van der Waals surface area (Å²) in [5, 5.41) is 5.20. The van der Waals surface area contributed by atoms with Crippen molar-refractivity contribution in [1.29, 1.82) is 0 Å². The summed E-state index contributed by atoms with van der Waals surface area (Å²) in [6, 6.07) is 5.55. The van der Waals surface area contributed by atoms with Gasteiger partial charge in [0.15, 0.2) is 0 Å². The standard InChI is InChI=1S/C22H33N2.C6H18NSi2.Mg/c1-16-14-17(2)21(18(3)15-16)22(23-19-10-6-4-7-11-19)24-20-12-8-5-9-13-20;1-8(2,3)7-9(4,5)6;/h14-15,19-20H,4-13H2,1-3H3;1-6H3;/q2*-1;+2. The number of rotatable bonds is 5. The van der Waals surface area contributed by atoms with Gasteiger partial charge in [0.25, 0.3) is 0 Å². The molecule has 0 bridgehead atoms. The maximum Gasteiger partial charge on any atom is 2.00 e. The molecule has 0 N–H and O–H groups in total. The molecular weight excluding hydrogens is 459 g/mol. The van der Waals surface area contributed by atoms with Gasteiger partial charge < -0.3 is 15.0 Å². The van der Waals surface area contributed by atoms with E-state index in [0.29, 0.717) is 12.1 Å². The second-order valence-corrected chi connectivity index (χ2v) is 22.0. The predicted molar refractivity (Wildman–Crippen MR) is 160 cm³/mol. The number of amidine groups is 1. The van der Waals surface area contributed by atoms with Gasteiger partial charge in [0.2, 0.25) is 0 Å². The Bertz CT molecular complexity index is 734. The molecular formula is C28H51MgN3Si2. The molecule has 2 aliphatic rings. The Morgan fingerprint density at radius 3 is 1.59 bits per heavy atom. The molecule has 0 heterocycles. The minimum atomic E-state index is -1.11. The Hall–Kier alpha value is -0.150. The van der Waals surface area contributed by atoms with Crippen LogP contribution in [-0.2, 0) is 0 Å². The van der Waals surface area contributed by atoms with Gasteiger partial charge in [-0.15, -0.1) is 0 Å². The Morgan fingerprint density at radius 2 is 1.18 bits per heavy atom. The summed E-state index contributed by atoms with van der Waals surface area (Å²) in [5.74, 6) is 1.06. The van der Waals surface area contributed by atoms with Crippen molar-refractivity contribution in [3.05, 3.63) is 44.4 Å². The van der Waals surface area contributed by atoms with E-state index in [4.69, 9.17) is 15.0 Å². The maximum absolute atomic E-state index is 5.20. The van der Waals surface area contributed by atoms with Gasteiger partial charge in [0.05, 0.1) is 0 Å². The van der Waals surface area contributed by atoms with E-state index in [1.54, 1.807) is 0 Å². The number of aryl methyl sites for hydroxylation is 3. The van der Waals surface area contributed by atoms with Gasteiger partial charge in [-0.3, -0.25) is 0 Å². The zero-order valence-corrected chi connectivity index (χ0v) is 27.3. The fraction of sp³-hybridized carbons (Fsp3) is 0.750. The van der Waals surface area contributed by atoms with Gasteiger partial charge in [-0.05, 0) is 49.5 Å². The number of aliphatic imine (C=N–C) groups is 1. The summed E-state index contributed by atoms with van der Waals surface area (Å²) in [6.07, 6.45) is 13.1. The summed E-state index contributed by atoms with van der Waals surface area (Å²) < 4.78 is 4.82. The van der Waals surface area contributed by atoms with Gasteiger partial charge in [0, 0.05) is 0 Å². The smallest absolute Gasteiger partial charge is 0.668 e. The first-order valence-corrected chi connectivity index (χ1v) is 20.3. The Balaban J connectivity index is 0.000000496. The molecule has 0 aliphatic heterocycles. The quantitative estimate of drug-likeness (QED) is 0.216. The van der Waals surface area contributed by atoms with E-state index >= 15 is 0 Å². The maximum atomic E-state index is 5.20. The van der Waals surface area contributed by atoms with E-state index in [1.807, 2.05) is 0 Å². The third-order valence-electron chi connectivity index (χ3n) is 6.33. The van der Waals surface area contributed by atoms with Crippen LogP contribution in [0.4, 0.5) is 0 Å². The van der Waals surface area contributed by atoms with E-state index in [0.717, 1.165) is 5.84 Å². The minimum absolute atomic E-state index is 0. The second-order valence-electron chi connectivity index (χ2n) is 12.4. The van der Waals surface area contributed by atoms with Crippen LogP contribution >= 0.6 is 0 Å². The molecule has 3 rings (SSSR count). The molecule has 6 heteroatoms. The normalized spacial score (nSPS) is 18.6. The fourth-order valence-corrected chi connectivity index (χ4v) is 13.5. The molecule has 1 aromatic carbocycles. The topological polar surface area (TPSA) is 40.6 Å². The minimum Gasteiger partial charge on any atom is -0.668 e. The molecule has 2 saturated carbocycles. The van der Waals surface area contributed by atoms with Crippen molar-refractivity contribution in [3.63, 3.8) is 0 Å². The molecule has 0 spiro atoms. The van der Waals surface area contributed by atoms with Gasteiger partial charge in [-0.2, -0.15) is 0 Å². The zero-order valence-electron chi connectivity index (χ0n) is 23.9. The zero-order chi connectivity index (χ0) is 24.6. The number of hydrogen-bond acceptors (Lipinski definition) is 1. The predicted octanol–water partition coefficient (Wildman–Crippen LogP) is 9.05. The van der Waals surface area contributed by atoms with Crippen molar-refractivity contribution >= 4 is 45.4 Å². The van der Waals surface area contributed by atoms with E-state index < -0.39 is 16.5 Å². The Kier molecular flexibility index (Phi) is 13.6. The summed E-state index contributed by atoms with van der Waals surface area (Å²) in [4.78, 5) is 5.20. The van der Waals surface area contributed by atoms with Gasteiger partial charge >= 0.3 is 23.1 Å². The van der Waals surface area contributed by atoms with Crippen LogP contribution < -0.4 is 0 Å². The molecule has 0 unspecified atom stereocenters. The van der Waals surface area contributed by atoms with Crippen molar-refractivity contribution in [2.45, 2.75) is 136 Å². The van der Waals surface area contributed by atoms with Crippen molar-refractivity contribution in [2.75, 3.05) is 0 Å². The summed E-state index contributed by atoms with van der Waals surface area (Å²) >= 11 is 0. The Labute approximate surface area is 230 Å². The molecule has 0 amide bonds. The average molecular weight is 510 g/mol. The number of nitrogens with zero attached hydrogens (tertiary/aromatic N) is 3. The van der Waals surface area contributed by atoms with Crippen molar-refractivity contribution < 1.29 is 0 Å². The summed E-state index contributed by atoms with van der Waals surface area (Å²) in [6.45, 7) is 20.4. The Morgan fingerprint density at radius 1 is 0.735 bits per heavy atom. The second kappa shape index (κ2) is 14.6. The van der Waals surface area contributed by atoms with Gasteiger partial charge in [-0.25, -0.2) is 0 Å². The molecule has 3 nitrogen and oxygen atoms in total. The molecule has 34 heavy (non-hydrogen) atoms. The first-order chi connectivity index (χ1) is 15.3. The fourth-order valence-electron chi connectivity index (χ4n) is 5.47. The van der Waals surface area contributed by atoms with Gasteiger partial charge in [-0.1, -0.05) is 143 Å². The van der Waals surface area contributed by atoms with Crippen LogP contribution in [0.15, 0.2) is 17.1 Å². The third kappa shape index (κ3) is 12.2. The van der Waals surface area contributed by atoms with E-state index in [9.17, 15) is 0 Å². The van der Waals surface area contributed by atoms with E-state index in [1.165, 1.54) is 86.5 Å². The van der Waals surface area contributed by atoms with Crippen LogP contribution in [0.2, 0.25) is 39.3 Å². The molecule has 0 saturated heterocycles. The third-order valence-corrected chi connectivity index (χ3v) is 11.7. The van der Waals surface area contributed by atoms with Crippen LogP contribution in [0, 0.1) is 20.8 Å². The first-order valence-electron chi connectivity index (χ1n) is 13.4. The monoisotopic (exact) mass is 509 g/mol. The van der Waals surface area contributed by atoms with Gasteiger partial charge in [0.1, 0.15) is 0 Å². The van der Waals surface area contributed by atoms with Crippen LogP contribution in [0.25, 0.3) is 9.96 Å². The summed E-state index contributed by atoms with van der Waals surface area (Å²) in [5.41, 5.74) is 5.31. The molecule has 0 aromatic heterocycles. The molecule has 1 aromatic rings. The molecule has 0 atom stereocenters. The van der Waals surface area contributed by atoms with E-state index in [2.05, 4.69) is 72.2 Å². The van der Waals surface area contributed by atoms with Crippen molar-refractivity contribution in [1.82, 2.24) is 0 Å². The average Bonchev–Trinajstić information content (AvgIpc) is 2.66. The molecule has 2 aliphatic carbocycles. The van der Waals surface area contributed by atoms with Crippen LogP contribution in [0.1, 0.15) is 86.5 Å². The van der Waals surface area contributed by atoms with Crippen molar-refractivity contribution in [3.8, 4) is 0 Å². The molecule has 0 radical (unpaired) electrons. The number of benzene rings is 1. The van der Waals surface area contributed by atoms with Crippen LogP contribution in [0.5, 0.6) is 0 Å². The number of hydrogen-bond donors (Lipinski definition) is 0. The summed E-state index contributed by atoms with van der Waals surface area (Å²) in [7, 11) is -2.21. The molecule has 188 valence electrons. The van der Waals surface area contributed by atoms with E-state index in [-0.39, 0.29) is 23.1 Å². The van der Waals surface area contributed by atoms with Crippen LogP contribution in [0.3, 0.4) is 0 Å². The van der Waals surface area contributed by atoms with Crippen molar-refractivity contribution in [2.24, 2.45) is 4.99 Å².